The van der Waals surface area contributed by atoms with Crippen molar-refractivity contribution in [2.45, 2.75) is 6.92 Å². The van der Waals surface area contributed by atoms with E-state index in [1.807, 2.05) is 6.07 Å². The van der Waals surface area contributed by atoms with Gasteiger partial charge in [0.1, 0.15) is 5.82 Å². The van der Waals surface area contributed by atoms with Crippen molar-refractivity contribution in [3.8, 4) is 6.07 Å². The molecule has 3 nitrogen and oxygen atoms in total. The highest BCUT2D eigenvalue weighted by atomic mass is 19.1. The van der Waals surface area contributed by atoms with Gasteiger partial charge in [-0.2, -0.15) is 5.26 Å². The number of nitrogens with two attached hydrogens (primary N) is 1. The molecule has 0 heterocycles. The molecule has 1 aromatic carbocycles. The van der Waals surface area contributed by atoms with Gasteiger partial charge < -0.3 is 10.6 Å². The molecule has 16 heavy (non-hydrogen) atoms. The van der Waals surface area contributed by atoms with Crippen molar-refractivity contribution in [1.29, 1.82) is 5.26 Å². The Bertz CT molecular complexity index is 426. The van der Waals surface area contributed by atoms with Gasteiger partial charge in [-0.1, -0.05) is 0 Å². The number of rotatable bonds is 3. The zero-order valence-corrected chi connectivity index (χ0v) is 9.17. The molecule has 0 aliphatic carbocycles. The SMILES string of the molecule is CC(C#N)CN(C)c1cc(F)cc(F)c1N. The van der Waals surface area contributed by atoms with Crippen molar-refractivity contribution in [1.82, 2.24) is 0 Å². The summed E-state index contributed by atoms with van der Waals surface area (Å²) in [6, 6.07) is 3.94. The van der Waals surface area contributed by atoms with Gasteiger partial charge in [0.05, 0.1) is 23.4 Å². The Kier molecular flexibility index (Phi) is 3.67. The second kappa shape index (κ2) is 4.79. The van der Waals surface area contributed by atoms with Crippen LogP contribution in [0, 0.1) is 28.9 Å². The van der Waals surface area contributed by atoms with Gasteiger partial charge in [-0.05, 0) is 13.0 Å². The van der Waals surface area contributed by atoms with Crippen LogP contribution < -0.4 is 10.6 Å². The highest BCUT2D eigenvalue weighted by Crippen LogP contribution is 2.26. The molecule has 0 fully saturated rings. The Morgan fingerprint density at radius 1 is 1.50 bits per heavy atom. The normalized spacial score (nSPS) is 11.9. The molecule has 5 heteroatoms. The molecule has 0 aromatic heterocycles. The molecule has 0 radical (unpaired) electrons. The molecular formula is C11H13F2N3. The number of nitrogens with zero attached hydrogens (tertiary/aromatic N) is 2. The minimum Gasteiger partial charge on any atom is -0.395 e. The first kappa shape index (κ1) is 12.2. The van der Waals surface area contributed by atoms with E-state index in [1.54, 1.807) is 18.9 Å². The highest BCUT2D eigenvalue weighted by Gasteiger charge is 2.13. The zero-order valence-electron chi connectivity index (χ0n) is 9.17. The lowest BCUT2D eigenvalue weighted by Gasteiger charge is -2.22. The zero-order chi connectivity index (χ0) is 12.3. The van der Waals surface area contributed by atoms with E-state index in [1.165, 1.54) is 0 Å². The van der Waals surface area contributed by atoms with Gasteiger partial charge in [0.25, 0.3) is 0 Å². The fourth-order valence-corrected chi connectivity index (χ4v) is 1.44. The maximum Gasteiger partial charge on any atom is 0.151 e. The standard InChI is InChI=1S/C11H13F2N3/c1-7(5-14)6-16(2)10-4-8(12)3-9(13)11(10)15/h3-4,7H,6,15H2,1-2H3. The smallest absolute Gasteiger partial charge is 0.151 e. The topological polar surface area (TPSA) is 53.0 Å². The summed E-state index contributed by atoms with van der Waals surface area (Å²) >= 11 is 0. The van der Waals surface area contributed by atoms with Crippen molar-refractivity contribution >= 4 is 11.4 Å². The van der Waals surface area contributed by atoms with Crippen molar-refractivity contribution in [2.24, 2.45) is 5.92 Å². The predicted molar refractivity (Wildman–Crippen MR) is 58.8 cm³/mol. The van der Waals surface area contributed by atoms with Crippen molar-refractivity contribution in [3.63, 3.8) is 0 Å². The Morgan fingerprint density at radius 2 is 2.12 bits per heavy atom. The Morgan fingerprint density at radius 3 is 2.69 bits per heavy atom. The fourth-order valence-electron chi connectivity index (χ4n) is 1.44. The maximum absolute atomic E-state index is 13.2. The third-order valence-electron chi connectivity index (χ3n) is 2.25. The van der Waals surface area contributed by atoms with Crippen LogP contribution in [0.3, 0.4) is 0 Å². The third-order valence-corrected chi connectivity index (χ3v) is 2.25. The van der Waals surface area contributed by atoms with Gasteiger partial charge in [0.15, 0.2) is 5.82 Å². The monoisotopic (exact) mass is 225 g/mol. The van der Waals surface area contributed by atoms with Crippen LogP contribution in [0.2, 0.25) is 0 Å². The molecule has 1 rings (SSSR count). The fraction of sp³-hybridized carbons (Fsp3) is 0.364. The summed E-state index contributed by atoms with van der Waals surface area (Å²) in [4.78, 5) is 1.56. The lowest BCUT2D eigenvalue weighted by atomic mass is 10.1. The summed E-state index contributed by atoms with van der Waals surface area (Å²) in [6.07, 6.45) is 0. The molecule has 0 bridgehead atoms. The summed E-state index contributed by atoms with van der Waals surface area (Å²) in [5.74, 6) is -1.71. The lowest BCUT2D eigenvalue weighted by molar-refractivity contribution is 0.584. The summed E-state index contributed by atoms with van der Waals surface area (Å²) in [5.41, 5.74) is 5.66. The average molecular weight is 225 g/mol. The molecule has 1 unspecified atom stereocenters. The van der Waals surface area contributed by atoms with Crippen LogP contribution in [-0.4, -0.2) is 13.6 Å². The quantitative estimate of drug-likeness (QED) is 0.802. The van der Waals surface area contributed by atoms with Crippen LogP contribution in [0.25, 0.3) is 0 Å². The number of anilines is 2. The van der Waals surface area contributed by atoms with E-state index in [0.29, 0.717) is 6.54 Å². The van der Waals surface area contributed by atoms with E-state index >= 15 is 0 Å². The molecule has 0 amide bonds. The molecule has 0 saturated heterocycles. The van der Waals surface area contributed by atoms with Crippen molar-refractivity contribution in [2.75, 3.05) is 24.2 Å². The van der Waals surface area contributed by atoms with Gasteiger partial charge >= 0.3 is 0 Å². The summed E-state index contributed by atoms with van der Waals surface area (Å²) in [6.45, 7) is 2.09. The molecule has 0 aliphatic rings. The predicted octanol–water partition coefficient (Wildman–Crippen LogP) is 2.14. The summed E-state index contributed by atoms with van der Waals surface area (Å²) < 4.78 is 26.2. The largest absolute Gasteiger partial charge is 0.395 e. The number of hydrogen-bond donors (Lipinski definition) is 1. The van der Waals surface area contributed by atoms with Crippen molar-refractivity contribution in [3.05, 3.63) is 23.8 Å². The van der Waals surface area contributed by atoms with E-state index in [4.69, 9.17) is 11.0 Å². The first-order valence-corrected chi connectivity index (χ1v) is 4.81. The van der Waals surface area contributed by atoms with E-state index in [-0.39, 0.29) is 17.3 Å². The van der Waals surface area contributed by atoms with E-state index in [2.05, 4.69) is 0 Å². The number of nitrogen functional groups attached to an aromatic ring is 1. The van der Waals surface area contributed by atoms with Crippen LogP contribution in [0.1, 0.15) is 6.92 Å². The van der Waals surface area contributed by atoms with Crippen LogP contribution >= 0.6 is 0 Å². The van der Waals surface area contributed by atoms with E-state index in [0.717, 1.165) is 12.1 Å². The molecule has 1 atom stereocenters. The summed E-state index contributed by atoms with van der Waals surface area (Å²) in [5, 5.41) is 8.65. The van der Waals surface area contributed by atoms with Crippen LogP contribution in [-0.2, 0) is 0 Å². The molecule has 86 valence electrons. The van der Waals surface area contributed by atoms with Gasteiger partial charge in [0.2, 0.25) is 0 Å². The third kappa shape index (κ3) is 2.60. The number of halogens is 2. The molecule has 0 spiro atoms. The summed E-state index contributed by atoms with van der Waals surface area (Å²) in [7, 11) is 1.64. The first-order chi connectivity index (χ1) is 7.45. The first-order valence-electron chi connectivity index (χ1n) is 4.81. The van der Waals surface area contributed by atoms with E-state index in [9.17, 15) is 8.78 Å². The Labute approximate surface area is 93.1 Å². The Balaban J connectivity index is 3.00. The maximum atomic E-state index is 13.2. The second-order valence-electron chi connectivity index (χ2n) is 3.73. The minimum atomic E-state index is -0.786. The average Bonchev–Trinajstić information content (AvgIpc) is 2.22. The lowest BCUT2D eigenvalue weighted by Crippen LogP contribution is -2.24. The highest BCUT2D eigenvalue weighted by molar-refractivity contribution is 5.68. The van der Waals surface area contributed by atoms with Crippen LogP contribution in [0.15, 0.2) is 12.1 Å². The van der Waals surface area contributed by atoms with Crippen LogP contribution in [0.5, 0.6) is 0 Å². The molecule has 1 aromatic rings. The molecule has 2 N–H and O–H groups in total. The van der Waals surface area contributed by atoms with Crippen molar-refractivity contribution < 1.29 is 8.78 Å². The van der Waals surface area contributed by atoms with Gasteiger partial charge in [-0.15, -0.1) is 0 Å². The van der Waals surface area contributed by atoms with Crippen LogP contribution in [0.4, 0.5) is 20.2 Å². The second-order valence-corrected chi connectivity index (χ2v) is 3.73. The van der Waals surface area contributed by atoms with E-state index < -0.39 is 11.6 Å². The molecular weight excluding hydrogens is 212 g/mol. The Hall–Kier alpha value is -1.83. The minimum absolute atomic E-state index is 0.103. The number of nitriles is 1. The van der Waals surface area contributed by atoms with Gasteiger partial charge in [-0.25, -0.2) is 8.78 Å². The number of benzene rings is 1. The molecule has 0 saturated carbocycles. The van der Waals surface area contributed by atoms with Gasteiger partial charge in [-0.3, -0.25) is 0 Å². The van der Waals surface area contributed by atoms with Gasteiger partial charge in [0, 0.05) is 19.7 Å². The number of hydrogen-bond acceptors (Lipinski definition) is 3. The molecule has 0 aliphatic heterocycles.